The predicted molar refractivity (Wildman–Crippen MR) is 89.0 cm³/mol. The first kappa shape index (κ1) is 17.9. The average Bonchev–Trinajstić information content (AvgIpc) is 2.84. The Bertz CT molecular complexity index is 761. The van der Waals surface area contributed by atoms with E-state index in [1.807, 2.05) is 17.5 Å². The van der Waals surface area contributed by atoms with Gasteiger partial charge in [0.25, 0.3) is 0 Å². The second-order valence-corrected chi connectivity index (χ2v) is 6.88. The molecule has 0 saturated carbocycles. The van der Waals surface area contributed by atoms with Crippen molar-refractivity contribution in [2.45, 2.75) is 38.8 Å². The third-order valence-corrected chi connectivity index (χ3v) is 5.33. The predicted octanol–water partition coefficient (Wildman–Crippen LogP) is 3.83. The van der Waals surface area contributed by atoms with Crippen molar-refractivity contribution in [1.82, 2.24) is 14.5 Å². The third-order valence-electron chi connectivity index (χ3n) is 5.33. The summed E-state index contributed by atoms with van der Waals surface area (Å²) in [7, 11) is 0. The maximum Gasteiger partial charge on any atom is 0.401 e. The molecular weight excluding hydrogens is 331 g/mol. The van der Waals surface area contributed by atoms with Gasteiger partial charge in [0, 0.05) is 23.4 Å². The number of halogens is 3. The van der Waals surface area contributed by atoms with Crippen molar-refractivity contribution in [1.29, 1.82) is 0 Å². The monoisotopic (exact) mass is 353 g/mol. The zero-order valence-electron chi connectivity index (χ0n) is 14.4. The molecule has 3 heterocycles. The molecule has 1 atom stereocenters. The summed E-state index contributed by atoms with van der Waals surface area (Å²) in [6, 6.07) is 3.66. The molecule has 2 aromatic heterocycles. The second-order valence-electron chi connectivity index (χ2n) is 6.88. The van der Waals surface area contributed by atoms with Crippen LogP contribution in [0.1, 0.15) is 47.3 Å². The summed E-state index contributed by atoms with van der Waals surface area (Å²) in [5.74, 6) is 0.409. The quantitative estimate of drug-likeness (QED) is 0.784. The van der Waals surface area contributed by atoms with E-state index in [-0.39, 0.29) is 11.8 Å². The van der Waals surface area contributed by atoms with Gasteiger partial charge in [-0.1, -0.05) is 6.92 Å². The van der Waals surface area contributed by atoms with Gasteiger partial charge in [-0.2, -0.15) is 18.3 Å². The number of likely N-dealkylation sites (tertiary alicyclic amines) is 1. The molecule has 4 nitrogen and oxygen atoms in total. The van der Waals surface area contributed by atoms with Crippen molar-refractivity contribution in [2.75, 3.05) is 19.6 Å². The Hall–Kier alpha value is -1.89. The van der Waals surface area contributed by atoms with Crippen molar-refractivity contribution in [3.8, 4) is 0 Å². The highest BCUT2D eigenvalue weighted by Gasteiger charge is 2.34. The maximum absolute atomic E-state index is 12.5. The van der Waals surface area contributed by atoms with Gasteiger partial charge in [-0.05, 0) is 56.5 Å². The van der Waals surface area contributed by atoms with E-state index in [9.17, 15) is 18.0 Å². The minimum absolute atomic E-state index is 0.129. The highest BCUT2D eigenvalue weighted by Crippen LogP contribution is 2.36. The standard InChI is InChI=1S/C18H22F3N3O/c1-12(14-5-8-23(9-6-14)11-18(19,20)21)17-13(2)15(10-25)16-4-3-7-22-24(16)17/h3-4,7,10,12,14H,5-6,8-9,11H2,1-2H3. The number of alkyl halides is 3. The Labute approximate surface area is 144 Å². The van der Waals surface area contributed by atoms with Crippen LogP contribution in [0.3, 0.4) is 0 Å². The first-order valence-corrected chi connectivity index (χ1v) is 8.52. The lowest BCUT2D eigenvalue weighted by atomic mass is 9.82. The van der Waals surface area contributed by atoms with Gasteiger partial charge in [0.05, 0.1) is 12.1 Å². The molecule has 1 unspecified atom stereocenters. The summed E-state index contributed by atoms with van der Waals surface area (Å²) in [5, 5.41) is 4.39. The minimum Gasteiger partial charge on any atom is -0.298 e. The van der Waals surface area contributed by atoms with E-state index >= 15 is 0 Å². The minimum atomic E-state index is -4.14. The molecular formula is C18H22F3N3O. The van der Waals surface area contributed by atoms with Gasteiger partial charge in [-0.15, -0.1) is 0 Å². The summed E-state index contributed by atoms with van der Waals surface area (Å²) in [5.41, 5.74) is 3.33. The fourth-order valence-electron chi connectivity index (χ4n) is 4.03. The lowest BCUT2D eigenvalue weighted by molar-refractivity contribution is -0.148. The van der Waals surface area contributed by atoms with E-state index in [2.05, 4.69) is 12.0 Å². The molecule has 0 N–H and O–H groups in total. The molecule has 136 valence electrons. The molecule has 0 radical (unpaired) electrons. The lowest BCUT2D eigenvalue weighted by Gasteiger charge is -2.35. The van der Waals surface area contributed by atoms with E-state index in [0.29, 0.717) is 31.5 Å². The Morgan fingerprint density at radius 2 is 2.04 bits per heavy atom. The topological polar surface area (TPSA) is 37.6 Å². The van der Waals surface area contributed by atoms with Crippen molar-refractivity contribution < 1.29 is 18.0 Å². The number of carbonyl (C=O) groups is 1. The van der Waals surface area contributed by atoms with E-state index in [0.717, 1.165) is 23.1 Å². The second kappa shape index (κ2) is 6.78. The molecule has 1 saturated heterocycles. The van der Waals surface area contributed by atoms with Crippen LogP contribution in [0, 0.1) is 12.8 Å². The SMILES string of the molecule is Cc1c(C=O)c2cccnn2c1C(C)C1CCN(CC(F)(F)F)CC1. The number of hydrogen-bond donors (Lipinski definition) is 0. The van der Waals surface area contributed by atoms with Crippen LogP contribution in [-0.4, -0.2) is 46.6 Å². The molecule has 0 bridgehead atoms. The molecule has 0 amide bonds. The van der Waals surface area contributed by atoms with Gasteiger partial charge >= 0.3 is 6.18 Å². The zero-order valence-corrected chi connectivity index (χ0v) is 14.4. The summed E-state index contributed by atoms with van der Waals surface area (Å²) < 4.78 is 39.4. The molecule has 0 aliphatic carbocycles. The van der Waals surface area contributed by atoms with Crippen LogP contribution in [0.5, 0.6) is 0 Å². The molecule has 1 aliphatic rings. The smallest absolute Gasteiger partial charge is 0.298 e. The van der Waals surface area contributed by atoms with Crippen LogP contribution >= 0.6 is 0 Å². The number of nitrogens with zero attached hydrogens (tertiary/aromatic N) is 3. The van der Waals surface area contributed by atoms with Gasteiger partial charge in [0.1, 0.15) is 0 Å². The molecule has 1 aliphatic heterocycles. The Morgan fingerprint density at radius 1 is 1.36 bits per heavy atom. The molecule has 25 heavy (non-hydrogen) atoms. The van der Waals surface area contributed by atoms with Crippen LogP contribution < -0.4 is 0 Å². The van der Waals surface area contributed by atoms with Gasteiger partial charge in [-0.3, -0.25) is 9.69 Å². The number of hydrogen-bond acceptors (Lipinski definition) is 3. The largest absolute Gasteiger partial charge is 0.401 e. The first-order valence-electron chi connectivity index (χ1n) is 8.52. The highest BCUT2D eigenvalue weighted by molar-refractivity contribution is 5.89. The summed E-state index contributed by atoms with van der Waals surface area (Å²) in [6.45, 7) is 4.07. The maximum atomic E-state index is 12.5. The number of rotatable bonds is 4. The average molecular weight is 353 g/mol. The van der Waals surface area contributed by atoms with Crippen LogP contribution in [-0.2, 0) is 0 Å². The van der Waals surface area contributed by atoms with E-state index in [1.165, 1.54) is 4.90 Å². The number of piperidine rings is 1. The van der Waals surface area contributed by atoms with Gasteiger partial charge in [0.2, 0.25) is 0 Å². The number of aldehydes is 1. The van der Waals surface area contributed by atoms with Gasteiger partial charge in [0.15, 0.2) is 6.29 Å². The summed E-state index contributed by atoms with van der Waals surface area (Å²) in [6.07, 6.45) is -0.173. The third kappa shape index (κ3) is 3.56. The molecule has 0 spiro atoms. The highest BCUT2D eigenvalue weighted by atomic mass is 19.4. The first-order chi connectivity index (χ1) is 11.8. The van der Waals surface area contributed by atoms with E-state index in [1.54, 1.807) is 12.3 Å². The van der Waals surface area contributed by atoms with E-state index in [4.69, 9.17) is 0 Å². The van der Waals surface area contributed by atoms with Gasteiger partial charge < -0.3 is 0 Å². The van der Waals surface area contributed by atoms with Crippen molar-refractivity contribution >= 4 is 11.8 Å². The van der Waals surface area contributed by atoms with Crippen molar-refractivity contribution in [2.24, 2.45) is 5.92 Å². The van der Waals surface area contributed by atoms with Crippen LogP contribution in [0.4, 0.5) is 13.2 Å². The zero-order chi connectivity index (χ0) is 18.2. The number of aromatic nitrogens is 2. The Balaban J connectivity index is 1.81. The molecule has 7 heteroatoms. The Morgan fingerprint density at radius 3 is 2.64 bits per heavy atom. The molecule has 0 aromatic carbocycles. The molecule has 2 aromatic rings. The summed E-state index contributed by atoms with van der Waals surface area (Å²) in [4.78, 5) is 12.9. The fourth-order valence-corrected chi connectivity index (χ4v) is 4.03. The molecule has 3 rings (SSSR count). The van der Waals surface area contributed by atoms with Crippen molar-refractivity contribution in [3.63, 3.8) is 0 Å². The number of fused-ring (bicyclic) bond motifs is 1. The van der Waals surface area contributed by atoms with Crippen LogP contribution in [0.15, 0.2) is 18.3 Å². The van der Waals surface area contributed by atoms with Crippen molar-refractivity contribution in [3.05, 3.63) is 35.2 Å². The fraction of sp³-hybridized carbons (Fsp3) is 0.556. The number of carbonyl (C=O) groups excluding carboxylic acids is 1. The van der Waals surface area contributed by atoms with E-state index < -0.39 is 12.7 Å². The molecule has 1 fully saturated rings. The van der Waals surface area contributed by atoms with Gasteiger partial charge in [-0.25, -0.2) is 4.52 Å². The summed E-state index contributed by atoms with van der Waals surface area (Å²) >= 11 is 0. The lowest BCUT2D eigenvalue weighted by Crippen LogP contribution is -2.41. The Kier molecular flexibility index (Phi) is 4.86. The normalized spacial score (nSPS) is 18.6. The van der Waals surface area contributed by atoms with Crippen LogP contribution in [0.2, 0.25) is 0 Å². The van der Waals surface area contributed by atoms with Crippen LogP contribution in [0.25, 0.3) is 5.52 Å².